The van der Waals surface area contributed by atoms with Gasteiger partial charge in [-0.25, -0.2) is 13.8 Å². The Morgan fingerprint density at radius 2 is 2.10 bits per heavy atom. The Bertz CT molecular complexity index is 842. The summed E-state index contributed by atoms with van der Waals surface area (Å²) < 4.78 is 27.6. The summed E-state index contributed by atoms with van der Waals surface area (Å²) in [7, 11) is 0. The first-order chi connectivity index (χ1) is 10.1. The minimum atomic E-state index is -0.897. The van der Waals surface area contributed by atoms with Crippen LogP contribution in [0.4, 0.5) is 14.5 Å². The lowest BCUT2D eigenvalue weighted by atomic mass is 10.1. The van der Waals surface area contributed by atoms with Gasteiger partial charge < -0.3 is 10.3 Å². The van der Waals surface area contributed by atoms with E-state index >= 15 is 0 Å². The molecule has 3 aromatic rings. The van der Waals surface area contributed by atoms with E-state index in [9.17, 15) is 13.6 Å². The number of rotatable bonds is 2. The van der Waals surface area contributed by atoms with Gasteiger partial charge in [-0.3, -0.25) is 4.79 Å². The molecule has 1 amide bonds. The van der Waals surface area contributed by atoms with Crippen molar-refractivity contribution in [3.8, 4) is 0 Å². The van der Waals surface area contributed by atoms with E-state index in [4.69, 9.17) is 0 Å². The Balaban J connectivity index is 1.94. The fraction of sp³-hybridized carbons (Fsp3) is 0.0667. The minimum absolute atomic E-state index is 0.209. The quantitative estimate of drug-likeness (QED) is 0.759. The number of nitrogens with one attached hydrogen (secondary N) is 2. The summed E-state index contributed by atoms with van der Waals surface area (Å²) in [6.07, 6.45) is 3.13. The molecule has 106 valence electrons. The molecule has 6 heteroatoms. The topological polar surface area (TPSA) is 57.8 Å². The van der Waals surface area contributed by atoms with E-state index < -0.39 is 23.1 Å². The van der Waals surface area contributed by atoms with Crippen LogP contribution in [0.1, 0.15) is 15.9 Å². The number of aromatic amines is 1. The van der Waals surface area contributed by atoms with Crippen molar-refractivity contribution in [2.45, 2.75) is 6.92 Å². The number of pyridine rings is 1. The molecule has 3 rings (SSSR count). The lowest BCUT2D eigenvalue weighted by molar-refractivity contribution is 0.101. The molecule has 0 radical (unpaired) electrons. The van der Waals surface area contributed by atoms with E-state index in [0.29, 0.717) is 11.3 Å². The monoisotopic (exact) mass is 287 g/mol. The lowest BCUT2D eigenvalue weighted by Gasteiger charge is -2.08. The highest BCUT2D eigenvalue weighted by Gasteiger charge is 2.19. The zero-order valence-corrected chi connectivity index (χ0v) is 11.1. The number of amides is 1. The third-order valence-corrected chi connectivity index (χ3v) is 3.17. The summed E-state index contributed by atoms with van der Waals surface area (Å²) in [5.74, 6) is -2.60. The van der Waals surface area contributed by atoms with Gasteiger partial charge in [0, 0.05) is 11.6 Å². The number of aryl methyl sites for hydroxylation is 1. The van der Waals surface area contributed by atoms with Gasteiger partial charge in [-0.05, 0) is 30.7 Å². The molecule has 0 spiro atoms. The molecular weight excluding hydrogens is 276 g/mol. The number of fused-ring (bicyclic) bond motifs is 1. The maximum absolute atomic E-state index is 13.9. The summed E-state index contributed by atoms with van der Waals surface area (Å²) in [5, 5.41) is 3.24. The maximum Gasteiger partial charge on any atom is 0.261 e. The number of aromatic nitrogens is 2. The Hall–Kier alpha value is -2.76. The van der Waals surface area contributed by atoms with Gasteiger partial charge in [-0.2, -0.15) is 0 Å². The van der Waals surface area contributed by atoms with Crippen molar-refractivity contribution in [1.29, 1.82) is 0 Å². The van der Waals surface area contributed by atoms with E-state index in [-0.39, 0.29) is 5.56 Å². The van der Waals surface area contributed by atoms with Crippen LogP contribution in [-0.4, -0.2) is 15.9 Å². The Morgan fingerprint density at radius 3 is 2.90 bits per heavy atom. The molecule has 21 heavy (non-hydrogen) atoms. The summed E-state index contributed by atoms with van der Waals surface area (Å²) >= 11 is 0. The van der Waals surface area contributed by atoms with Crippen LogP contribution < -0.4 is 5.32 Å². The molecule has 0 saturated carbocycles. The molecule has 0 bridgehead atoms. The number of halogens is 2. The molecule has 2 N–H and O–H groups in total. The van der Waals surface area contributed by atoms with Crippen molar-refractivity contribution < 1.29 is 13.6 Å². The number of anilines is 1. The third kappa shape index (κ3) is 2.35. The Kier molecular flexibility index (Phi) is 3.13. The van der Waals surface area contributed by atoms with Crippen LogP contribution in [0.3, 0.4) is 0 Å². The molecule has 0 unspecified atom stereocenters. The Morgan fingerprint density at radius 1 is 1.29 bits per heavy atom. The highest BCUT2D eigenvalue weighted by Crippen LogP contribution is 2.20. The number of hydrogen-bond acceptors (Lipinski definition) is 2. The number of hydrogen-bond donors (Lipinski definition) is 2. The zero-order chi connectivity index (χ0) is 15.0. The largest absolute Gasteiger partial charge is 0.346 e. The van der Waals surface area contributed by atoms with E-state index in [0.717, 1.165) is 11.5 Å². The molecular formula is C15H11F2N3O. The normalized spacial score (nSPS) is 10.8. The molecule has 0 aliphatic carbocycles. The van der Waals surface area contributed by atoms with Gasteiger partial charge >= 0.3 is 0 Å². The second-order valence-corrected chi connectivity index (χ2v) is 4.65. The van der Waals surface area contributed by atoms with Crippen LogP contribution in [0.25, 0.3) is 11.0 Å². The minimum Gasteiger partial charge on any atom is -0.346 e. The predicted molar refractivity (Wildman–Crippen MR) is 75.1 cm³/mol. The van der Waals surface area contributed by atoms with E-state index in [1.54, 1.807) is 18.3 Å². The first-order valence-corrected chi connectivity index (χ1v) is 6.25. The smallest absolute Gasteiger partial charge is 0.261 e. The number of benzene rings is 1. The third-order valence-electron chi connectivity index (χ3n) is 3.17. The molecule has 2 heterocycles. The van der Waals surface area contributed by atoms with Gasteiger partial charge in [0.25, 0.3) is 5.91 Å². The second-order valence-electron chi connectivity index (χ2n) is 4.65. The van der Waals surface area contributed by atoms with Crippen LogP contribution in [0.5, 0.6) is 0 Å². The highest BCUT2D eigenvalue weighted by atomic mass is 19.1. The summed E-state index contributed by atoms with van der Waals surface area (Å²) in [5.41, 5.74) is 0.651. The number of nitrogens with zero attached hydrogens (tertiary/aromatic N) is 1. The summed E-state index contributed by atoms with van der Waals surface area (Å²) in [4.78, 5) is 19.1. The van der Waals surface area contributed by atoms with Crippen LogP contribution in [0.15, 0.2) is 36.7 Å². The fourth-order valence-corrected chi connectivity index (χ4v) is 2.07. The average Bonchev–Trinajstić information content (AvgIpc) is 2.91. The van der Waals surface area contributed by atoms with Crippen molar-refractivity contribution in [2.75, 3.05) is 5.32 Å². The molecule has 2 aromatic heterocycles. The van der Waals surface area contributed by atoms with Gasteiger partial charge in [-0.1, -0.05) is 6.07 Å². The standard InChI is InChI=1S/C15H11F2N3O/c1-8-2-3-11(16)12(13(8)17)15(21)20-10-6-9-4-5-18-14(9)19-7-10/h2-7H,1H3,(H,18,19)(H,20,21). The van der Waals surface area contributed by atoms with Gasteiger partial charge in [0.05, 0.1) is 11.9 Å². The van der Waals surface area contributed by atoms with Crippen LogP contribution in [0.2, 0.25) is 0 Å². The number of carbonyl (C=O) groups is 1. The Labute approximate surface area is 118 Å². The summed E-state index contributed by atoms with van der Waals surface area (Å²) in [6.45, 7) is 1.47. The number of H-pyrrole nitrogens is 1. The van der Waals surface area contributed by atoms with E-state index in [1.165, 1.54) is 19.2 Å². The molecule has 0 saturated heterocycles. The summed E-state index contributed by atoms with van der Waals surface area (Å²) in [6, 6.07) is 5.81. The van der Waals surface area contributed by atoms with Gasteiger partial charge in [0.1, 0.15) is 22.8 Å². The molecule has 0 aliphatic rings. The first kappa shape index (κ1) is 13.2. The molecule has 4 nitrogen and oxygen atoms in total. The lowest BCUT2D eigenvalue weighted by Crippen LogP contribution is -2.16. The fourth-order valence-electron chi connectivity index (χ4n) is 2.07. The van der Waals surface area contributed by atoms with Gasteiger partial charge in [0.15, 0.2) is 0 Å². The van der Waals surface area contributed by atoms with E-state index in [2.05, 4.69) is 15.3 Å². The van der Waals surface area contributed by atoms with Crippen LogP contribution in [-0.2, 0) is 0 Å². The average molecular weight is 287 g/mol. The van der Waals surface area contributed by atoms with Crippen molar-refractivity contribution in [2.24, 2.45) is 0 Å². The first-order valence-electron chi connectivity index (χ1n) is 6.25. The maximum atomic E-state index is 13.9. The van der Waals surface area contributed by atoms with Crippen molar-refractivity contribution in [3.05, 3.63) is 59.4 Å². The number of carbonyl (C=O) groups excluding carboxylic acids is 1. The molecule has 0 fully saturated rings. The van der Waals surface area contributed by atoms with Crippen LogP contribution in [0, 0.1) is 18.6 Å². The van der Waals surface area contributed by atoms with E-state index in [1.807, 2.05) is 0 Å². The zero-order valence-electron chi connectivity index (χ0n) is 11.1. The van der Waals surface area contributed by atoms with Crippen molar-refractivity contribution >= 4 is 22.6 Å². The van der Waals surface area contributed by atoms with Crippen LogP contribution >= 0.6 is 0 Å². The SMILES string of the molecule is Cc1ccc(F)c(C(=O)Nc2cnc3[nH]ccc3c2)c1F. The predicted octanol–water partition coefficient (Wildman–Crippen LogP) is 3.40. The molecule has 1 aromatic carbocycles. The van der Waals surface area contributed by atoms with Gasteiger partial charge in [-0.15, -0.1) is 0 Å². The van der Waals surface area contributed by atoms with Gasteiger partial charge in [0.2, 0.25) is 0 Å². The highest BCUT2D eigenvalue weighted by molar-refractivity contribution is 6.05. The molecule has 0 aliphatic heterocycles. The van der Waals surface area contributed by atoms with Crippen molar-refractivity contribution in [3.63, 3.8) is 0 Å². The second kappa shape index (κ2) is 4.97. The molecule has 0 atom stereocenters. The van der Waals surface area contributed by atoms with Crippen molar-refractivity contribution in [1.82, 2.24) is 9.97 Å².